The minimum absolute atomic E-state index is 0.195. The van der Waals surface area contributed by atoms with Crippen LogP contribution in [-0.2, 0) is 16.0 Å². The molecule has 0 spiro atoms. The molecule has 0 aliphatic rings. The molecule has 1 atom stereocenters. The highest BCUT2D eigenvalue weighted by Crippen LogP contribution is 2.19. The van der Waals surface area contributed by atoms with Gasteiger partial charge in [0.25, 0.3) is 1.43 Å². The Morgan fingerprint density at radius 3 is 2.82 bits per heavy atom. The Morgan fingerprint density at radius 1 is 1.41 bits per heavy atom. The van der Waals surface area contributed by atoms with E-state index in [2.05, 4.69) is 15.4 Å². The maximum Gasteiger partial charge on any atom is 0.408 e. The molecule has 6 heteroatoms. The van der Waals surface area contributed by atoms with Crippen LogP contribution >= 0.6 is 0 Å². The first-order valence-electron chi connectivity index (χ1n) is 7.42. The molecule has 22 heavy (non-hydrogen) atoms. The summed E-state index contributed by atoms with van der Waals surface area (Å²) in [5.74, 6) is -0.846. The minimum Gasteiger partial charge on any atom is -0.480 e. The van der Waals surface area contributed by atoms with Gasteiger partial charge in [0.1, 0.15) is 11.6 Å². The zero-order chi connectivity index (χ0) is 17.0. The third-order valence-electron chi connectivity index (χ3n) is 3.07. The fourth-order valence-corrected chi connectivity index (χ4v) is 2.16. The number of rotatable bonds is 4. The van der Waals surface area contributed by atoms with Gasteiger partial charge in [-0.2, -0.15) is 0 Å². The highest BCUT2D eigenvalue weighted by Gasteiger charge is 2.25. The molecule has 118 valence electrons. The van der Waals surface area contributed by atoms with E-state index in [1.165, 1.54) is 0 Å². The second-order valence-corrected chi connectivity index (χ2v) is 6.08. The summed E-state index contributed by atoms with van der Waals surface area (Å²) in [4.78, 5) is 26.8. The molecule has 0 aliphatic carbocycles. The molecule has 1 aromatic heterocycles. The van der Waals surface area contributed by atoms with E-state index in [-0.39, 0.29) is 6.42 Å². The average Bonchev–Trinajstić information content (AvgIpc) is 2.87. The number of aliphatic carboxylic acids is 1. The monoisotopic (exact) mass is 305 g/mol. The van der Waals surface area contributed by atoms with Crippen LogP contribution in [0.4, 0.5) is 4.79 Å². The van der Waals surface area contributed by atoms with Crippen LogP contribution in [0.15, 0.2) is 30.5 Å². The van der Waals surface area contributed by atoms with Crippen molar-refractivity contribution in [3.63, 3.8) is 0 Å². The van der Waals surface area contributed by atoms with E-state index in [9.17, 15) is 9.59 Å². The largest absolute Gasteiger partial charge is 0.480 e. The normalized spacial score (nSPS) is 13.3. The number of carboxylic acid groups (broad SMARTS) is 1. The maximum atomic E-state index is 11.9. The maximum absolute atomic E-state index is 11.9. The Bertz CT molecular complexity index is 705. The number of carboxylic acids is 1. The number of para-hydroxylation sites is 1. The van der Waals surface area contributed by atoms with Crippen molar-refractivity contribution in [2.45, 2.75) is 38.8 Å². The van der Waals surface area contributed by atoms with Crippen molar-refractivity contribution in [2.75, 3.05) is 0 Å². The van der Waals surface area contributed by atoms with E-state index in [4.69, 9.17) is 6.17 Å². The van der Waals surface area contributed by atoms with Crippen LogP contribution in [0.2, 0.25) is 0 Å². The van der Waals surface area contributed by atoms with Crippen molar-refractivity contribution >= 4 is 23.0 Å². The number of carbonyl (C=O) groups excluding carboxylic acids is 1. The number of nitrogens with one attached hydrogen (secondary N) is 2. The summed E-state index contributed by atoms with van der Waals surface area (Å²) < 4.78 is 11.9. The Hall–Kier alpha value is -2.50. The topological polar surface area (TPSA) is 91.4 Å². The first kappa shape index (κ1) is 14.4. The van der Waals surface area contributed by atoms with E-state index in [1.54, 1.807) is 27.0 Å². The van der Waals surface area contributed by atoms with Gasteiger partial charge in [0.05, 0.1) is 0 Å². The predicted octanol–water partition coefficient (Wildman–Crippen LogP) is 2.69. The third-order valence-corrected chi connectivity index (χ3v) is 3.07. The van der Waals surface area contributed by atoms with Gasteiger partial charge in [-0.3, -0.25) is 0 Å². The lowest BCUT2D eigenvalue weighted by Gasteiger charge is -2.21. The number of ether oxygens (including phenoxy) is 1. The number of aromatic amines is 1. The first-order valence-corrected chi connectivity index (χ1v) is 7.01. The van der Waals surface area contributed by atoms with E-state index in [1.807, 2.05) is 24.3 Å². The molecule has 1 aromatic carbocycles. The second kappa shape index (κ2) is 6.09. The van der Waals surface area contributed by atoms with Gasteiger partial charge >= 0.3 is 12.1 Å². The van der Waals surface area contributed by atoms with Crippen LogP contribution in [0.25, 0.3) is 12.3 Å². The molecule has 1 amide bonds. The summed E-state index contributed by atoms with van der Waals surface area (Å²) in [5.41, 5.74) is 1.09. The van der Waals surface area contributed by atoms with Crippen LogP contribution in [-0.4, -0.2) is 33.8 Å². The van der Waals surface area contributed by atoms with Crippen molar-refractivity contribution in [1.29, 1.82) is 1.43 Å². The first-order chi connectivity index (χ1) is 10.8. The molecule has 1 heterocycles. The SMILES string of the molecule is [2H]OC(=O)[C@H](Cc1c[nH]c2ccccc12)NC(=O)OC(C)(C)C. The molecule has 0 saturated carbocycles. The molecule has 0 radical (unpaired) electrons. The van der Waals surface area contributed by atoms with E-state index in [0.717, 1.165) is 16.5 Å². The molecule has 6 nitrogen and oxygen atoms in total. The van der Waals surface area contributed by atoms with Crippen LogP contribution in [0, 0.1) is 0 Å². The number of hydrogen-bond acceptors (Lipinski definition) is 4. The number of aromatic nitrogens is 1. The van der Waals surface area contributed by atoms with Crippen LogP contribution in [0.3, 0.4) is 0 Å². The number of H-pyrrole nitrogens is 1. The Labute approximate surface area is 130 Å². The second-order valence-electron chi connectivity index (χ2n) is 6.08. The highest BCUT2D eigenvalue weighted by atomic mass is 16.6. The molecule has 3 N–H and O–H groups in total. The van der Waals surface area contributed by atoms with Crippen molar-refractivity contribution in [1.82, 2.24) is 10.3 Å². The van der Waals surface area contributed by atoms with Crippen molar-refractivity contribution in [3.8, 4) is 0 Å². The molecule has 2 rings (SSSR count). The summed E-state index contributed by atoms with van der Waals surface area (Å²) in [5, 5.41) is 7.44. The lowest BCUT2D eigenvalue weighted by Crippen LogP contribution is -2.44. The van der Waals surface area contributed by atoms with E-state index in [0.29, 0.717) is 0 Å². The van der Waals surface area contributed by atoms with Crippen LogP contribution < -0.4 is 5.32 Å². The summed E-state index contributed by atoms with van der Waals surface area (Å²) in [6.07, 6.45) is 1.24. The summed E-state index contributed by atoms with van der Waals surface area (Å²) in [6.45, 7) is 5.18. The zero-order valence-corrected chi connectivity index (χ0v) is 12.8. The lowest BCUT2D eigenvalue weighted by molar-refractivity contribution is -0.139. The lowest BCUT2D eigenvalue weighted by atomic mass is 10.1. The van der Waals surface area contributed by atoms with Crippen LogP contribution in [0.1, 0.15) is 26.3 Å². The minimum atomic E-state index is -0.999. The van der Waals surface area contributed by atoms with Crippen molar-refractivity contribution in [3.05, 3.63) is 36.0 Å². The fourth-order valence-electron chi connectivity index (χ4n) is 2.16. The third kappa shape index (κ3) is 4.00. The van der Waals surface area contributed by atoms with Crippen LogP contribution in [0.5, 0.6) is 0 Å². The molecule has 0 unspecified atom stereocenters. The smallest absolute Gasteiger partial charge is 0.408 e. The van der Waals surface area contributed by atoms with Gasteiger partial charge in [-0.1, -0.05) is 18.2 Å². The summed E-state index contributed by atoms with van der Waals surface area (Å²) >= 11 is 0. The molecule has 0 fully saturated rings. The van der Waals surface area contributed by atoms with E-state index < -0.39 is 23.7 Å². The number of hydrogen-bond donors (Lipinski definition) is 3. The van der Waals surface area contributed by atoms with Gasteiger partial charge in [0.15, 0.2) is 0 Å². The van der Waals surface area contributed by atoms with Gasteiger partial charge in [-0.05, 0) is 32.4 Å². The molecule has 2 aromatic rings. The zero-order valence-electron chi connectivity index (χ0n) is 13.8. The predicted molar refractivity (Wildman–Crippen MR) is 82.8 cm³/mol. The highest BCUT2D eigenvalue weighted by molar-refractivity contribution is 5.85. The van der Waals surface area contributed by atoms with E-state index >= 15 is 0 Å². The van der Waals surface area contributed by atoms with Gasteiger partial charge in [-0.25, -0.2) is 9.59 Å². The Kier molecular flexibility index (Phi) is 4.00. The van der Waals surface area contributed by atoms with Gasteiger partial charge in [0, 0.05) is 23.5 Å². The molecular formula is C16H20N2O4. The van der Waals surface area contributed by atoms with Gasteiger partial charge in [0.2, 0.25) is 0 Å². The summed E-state index contributed by atoms with van der Waals surface area (Å²) in [6, 6.07) is 6.62. The number of alkyl carbamates (subject to hydrolysis) is 1. The molecular weight excluding hydrogens is 284 g/mol. The molecule has 0 aliphatic heterocycles. The Morgan fingerprint density at radius 2 is 2.14 bits per heavy atom. The Balaban J connectivity index is 2.16. The molecule has 0 saturated heterocycles. The number of carbonyl (C=O) groups is 2. The fraction of sp³-hybridized carbons (Fsp3) is 0.375. The number of benzene rings is 1. The quantitative estimate of drug-likeness (QED) is 0.810. The number of amides is 1. The average molecular weight is 305 g/mol. The number of fused-ring (bicyclic) bond motifs is 1. The van der Waals surface area contributed by atoms with Gasteiger partial charge < -0.3 is 20.1 Å². The standard InChI is InChI=1S/C16H20N2O4/c1-16(2,3)22-15(21)18-13(14(19)20)8-10-9-17-12-7-5-4-6-11(10)12/h4-7,9,13,17H,8H2,1-3H3,(H,18,21)(H,19,20)/t13-/m0/s1/i/hD. The van der Waals surface area contributed by atoms with Crippen molar-refractivity contribution < 1.29 is 19.4 Å². The van der Waals surface area contributed by atoms with Gasteiger partial charge in [-0.15, -0.1) is 0 Å². The molecule has 0 bridgehead atoms. The summed E-state index contributed by atoms with van der Waals surface area (Å²) in [7, 11) is 0. The van der Waals surface area contributed by atoms with Crippen molar-refractivity contribution in [2.24, 2.45) is 0 Å².